The van der Waals surface area contributed by atoms with Gasteiger partial charge in [0.25, 0.3) is 0 Å². The summed E-state index contributed by atoms with van der Waals surface area (Å²) in [5.41, 5.74) is 0.874. The Morgan fingerprint density at radius 1 is 1.35 bits per heavy atom. The molecule has 0 amide bonds. The van der Waals surface area contributed by atoms with E-state index in [0.29, 0.717) is 5.56 Å². The first kappa shape index (κ1) is 14.3. The highest BCUT2D eigenvalue weighted by atomic mass is 32.1. The van der Waals surface area contributed by atoms with Gasteiger partial charge in [-0.1, -0.05) is 5.16 Å². The molecular formula is C14H15NO4S. The predicted octanol–water partition coefficient (Wildman–Crippen LogP) is 2.82. The lowest BCUT2D eigenvalue weighted by atomic mass is 10.1. The van der Waals surface area contributed by atoms with Crippen molar-refractivity contribution in [2.24, 2.45) is 5.16 Å². The number of methoxy groups -OCH3 is 1. The maximum absolute atomic E-state index is 11.9. The lowest BCUT2D eigenvalue weighted by molar-refractivity contribution is -0.135. The fraction of sp³-hybridized carbons (Fsp3) is 0.286. The molecule has 0 radical (unpaired) electrons. The quantitative estimate of drug-likeness (QED) is 0.483. The molecule has 0 N–H and O–H groups in total. The number of rotatable bonds is 5. The van der Waals surface area contributed by atoms with Crippen molar-refractivity contribution in [3.8, 4) is 5.75 Å². The Bertz CT molecular complexity index is 648. The number of nitrogens with zero attached hydrogens (tertiary/aromatic N) is 1. The third-order valence-corrected chi connectivity index (χ3v) is 3.63. The molecule has 0 atom stereocenters. The summed E-state index contributed by atoms with van der Waals surface area (Å²) >= 11 is 1.51. The summed E-state index contributed by atoms with van der Waals surface area (Å²) in [5, 5.41) is 6.57. The van der Waals surface area contributed by atoms with Crippen molar-refractivity contribution < 1.29 is 19.1 Å². The fourth-order valence-corrected chi connectivity index (χ4v) is 2.78. The van der Waals surface area contributed by atoms with Crippen molar-refractivity contribution in [3.63, 3.8) is 0 Å². The number of oxime groups is 1. The summed E-state index contributed by atoms with van der Waals surface area (Å²) < 4.78 is 11.2. The Kier molecular flexibility index (Phi) is 4.57. The standard InChI is InChI=1S/C14H15NO4S/c1-4-19-14(16)13(15-18-3)11-8-20-12-7-9(17-2)5-6-10(11)12/h5-8H,4H2,1-3H3/b15-13+. The van der Waals surface area contributed by atoms with Gasteiger partial charge in [0.1, 0.15) is 12.9 Å². The number of hydrogen-bond donors (Lipinski definition) is 0. The van der Waals surface area contributed by atoms with Gasteiger partial charge in [0.15, 0.2) is 5.71 Å². The zero-order valence-corrected chi connectivity index (χ0v) is 12.3. The maximum Gasteiger partial charge on any atom is 0.361 e. The van der Waals surface area contributed by atoms with Crippen molar-refractivity contribution in [2.45, 2.75) is 6.92 Å². The molecule has 0 bridgehead atoms. The Balaban J connectivity index is 2.49. The first-order valence-electron chi connectivity index (χ1n) is 6.05. The van der Waals surface area contributed by atoms with E-state index in [1.165, 1.54) is 18.4 Å². The Morgan fingerprint density at radius 3 is 2.80 bits per heavy atom. The average Bonchev–Trinajstić information content (AvgIpc) is 2.87. The molecule has 0 aliphatic rings. The molecule has 2 aromatic rings. The molecule has 1 heterocycles. The Hall–Kier alpha value is -2.08. The zero-order valence-electron chi connectivity index (χ0n) is 11.5. The lowest BCUT2D eigenvalue weighted by Crippen LogP contribution is -2.18. The summed E-state index contributed by atoms with van der Waals surface area (Å²) in [6, 6.07) is 5.65. The highest BCUT2D eigenvalue weighted by Crippen LogP contribution is 2.30. The van der Waals surface area contributed by atoms with E-state index in [0.717, 1.165) is 15.8 Å². The summed E-state index contributed by atoms with van der Waals surface area (Å²) in [7, 11) is 3.02. The van der Waals surface area contributed by atoms with Crippen LogP contribution in [0, 0.1) is 0 Å². The van der Waals surface area contributed by atoms with Gasteiger partial charge in [0, 0.05) is 21.0 Å². The van der Waals surface area contributed by atoms with Gasteiger partial charge in [-0.05, 0) is 25.1 Å². The third kappa shape index (κ3) is 2.75. The van der Waals surface area contributed by atoms with Gasteiger partial charge in [0.2, 0.25) is 0 Å². The second-order valence-corrected chi connectivity index (χ2v) is 4.77. The van der Waals surface area contributed by atoms with Gasteiger partial charge >= 0.3 is 5.97 Å². The van der Waals surface area contributed by atoms with Crippen LogP contribution in [-0.4, -0.2) is 32.5 Å². The van der Waals surface area contributed by atoms with Crippen LogP contribution in [0.4, 0.5) is 0 Å². The molecule has 0 saturated heterocycles. The Labute approximate surface area is 120 Å². The number of carbonyl (C=O) groups is 1. The van der Waals surface area contributed by atoms with Crippen LogP contribution in [-0.2, 0) is 14.4 Å². The largest absolute Gasteiger partial charge is 0.497 e. The molecule has 20 heavy (non-hydrogen) atoms. The van der Waals surface area contributed by atoms with Crippen molar-refractivity contribution in [3.05, 3.63) is 29.1 Å². The first-order chi connectivity index (χ1) is 9.71. The number of fused-ring (bicyclic) bond motifs is 1. The molecule has 2 rings (SSSR count). The van der Waals surface area contributed by atoms with Crippen molar-refractivity contribution in [1.82, 2.24) is 0 Å². The molecule has 1 aromatic heterocycles. The minimum absolute atomic E-state index is 0.172. The maximum atomic E-state index is 11.9. The molecule has 1 aromatic carbocycles. The first-order valence-corrected chi connectivity index (χ1v) is 6.93. The number of esters is 1. The molecule has 0 fully saturated rings. The minimum Gasteiger partial charge on any atom is -0.497 e. The summed E-state index contributed by atoms with van der Waals surface area (Å²) in [5.74, 6) is 0.275. The smallest absolute Gasteiger partial charge is 0.361 e. The molecule has 5 nitrogen and oxygen atoms in total. The fourth-order valence-electron chi connectivity index (χ4n) is 1.81. The number of ether oxygens (including phenoxy) is 2. The Morgan fingerprint density at radius 2 is 2.15 bits per heavy atom. The number of benzene rings is 1. The molecule has 6 heteroatoms. The van der Waals surface area contributed by atoms with E-state index < -0.39 is 5.97 Å². The minimum atomic E-state index is -0.495. The van der Waals surface area contributed by atoms with Crippen LogP contribution in [0.3, 0.4) is 0 Å². The van der Waals surface area contributed by atoms with Crippen molar-refractivity contribution >= 4 is 33.1 Å². The number of thiophene rings is 1. The highest BCUT2D eigenvalue weighted by molar-refractivity contribution is 7.17. The van der Waals surface area contributed by atoms with E-state index in [-0.39, 0.29) is 12.3 Å². The molecule has 0 aliphatic heterocycles. The van der Waals surface area contributed by atoms with Crippen LogP contribution < -0.4 is 4.74 Å². The van der Waals surface area contributed by atoms with Gasteiger partial charge in [-0.3, -0.25) is 0 Å². The second-order valence-electron chi connectivity index (χ2n) is 3.85. The molecular weight excluding hydrogens is 278 g/mol. The van der Waals surface area contributed by atoms with Crippen LogP contribution in [0.2, 0.25) is 0 Å². The van der Waals surface area contributed by atoms with Gasteiger partial charge in [0.05, 0.1) is 13.7 Å². The van der Waals surface area contributed by atoms with Crippen LogP contribution in [0.15, 0.2) is 28.7 Å². The van der Waals surface area contributed by atoms with E-state index in [1.807, 2.05) is 23.6 Å². The second kappa shape index (κ2) is 6.38. The van der Waals surface area contributed by atoms with Gasteiger partial charge in [-0.15, -0.1) is 11.3 Å². The third-order valence-electron chi connectivity index (χ3n) is 2.69. The predicted molar refractivity (Wildman–Crippen MR) is 78.6 cm³/mol. The van der Waals surface area contributed by atoms with Crippen molar-refractivity contribution in [1.29, 1.82) is 0 Å². The number of hydrogen-bond acceptors (Lipinski definition) is 6. The van der Waals surface area contributed by atoms with Gasteiger partial charge in [-0.25, -0.2) is 4.79 Å². The van der Waals surface area contributed by atoms with E-state index in [1.54, 1.807) is 14.0 Å². The molecule has 0 saturated carbocycles. The topological polar surface area (TPSA) is 57.1 Å². The molecule has 0 unspecified atom stereocenters. The molecule has 0 aliphatic carbocycles. The summed E-state index contributed by atoms with van der Waals surface area (Å²) in [6.45, 7) is 2.04. The van der Waals surface area contributed by atoms with E-state index in [2.05, 4.69) is 5.16 Å². The monoisotopic (exact) mass is 293 g/mol. The van der Waals surface area contributed by atoms with Gasteiger partial charge in [-0.2, -0.15) is 0 Å². The zero-order chi connectivity index (χ0) is 14.5. The van der Waals surface area contributed by atoms with E-state index >= 15 is 0 Å². The highest BCUT2D eigenvalue weighted by Gasteiger charge is 2.20. The van der Waals surface area contributed by atoms with Crippen LogP contribution in [0.5, 0.6) is 5.75 Å². The van der Waals surface area contributed by atoms with Crippen molar-refractivity contribution in [2.75, 3.05) is 20.8 Å². The summed E-state index contributed by atoms with van der Waals surface area (Å²) in [4.78, 5) is 16.7. The van der Waals surface area contributed by atoms with Crippen LogP contribution >= 0.6 is 11.3 Å². The molecule has 106 valence electrons. The van der Waals surface area contributed by atoms with Crippen LogP contribution in [0.1, 0.15) is 12.5 Å². The normalized spacial score (nSPS) is 11.4. The number of carbonyl (C=O) groups excluding carboxylic acids is 1. The van der Waals surface area contributed by atoms with Crippen LogP contribution in [0.25, 0.3) is 10.1 Å². The SMILES string of the molecule is CCOC(=O)/C(=N/OC)c1csc2cc(OC)ccc12. The lowest BCUT2D eigenvalue weighted by Gasteiger charge is -2.05. The average molecular weight is 293 g/mol. The van der Waals surface area contributed by atoms with E-state index in [4.69, 9.17) is 14.3 Å². The summed E-state index contributed by atoms with van der Waals surface area (Å²) in [6.07, 6.45) is 0. The molecule has 0 spiro atoms. The van der Waals surface area contributed by atoms with Gasteiger partial charge < -0.3 is 14.3 Å². The van der Waals surface area contributed by atoms with E-state index in [9.17, 15) is 4.79 Å².